The van der Waals surface area contributed by atoms with Crippen LogP contribution < -0.4 is 11.1 Å². The molecule has 0 aliphatic carbocycles. The lowest BCUT2D eigenvalue weighted by Gasteiger charge is -2.26. The van der Waals surface area contributed by atoms with Crippen molar-refractivity contribution < 1.29 is 9.21 Å². The fourth-order valence-corrected chi connectivity index (χ4v) is 2.89. The Hall–Kier alpha value is -1.33. The Kier molecular flexibility index (Phi) is 5.82. The molecule has 0 spiro atoms. The molecule has 2 atom stereocenters. The standard InChI is InChI=1S/C16H27N3O2/c1-12(2)10-13(17)16(20)18-11-14(15-6-5-9-21-15)19-7-3-4-8-19/h5-6,9,12-14H,3-4,7-8,10-11,17H2,1-2H3,(H,18,20). The van der Waals surface area contributed by atoms with Gasteiger partial charge >= 0.3 is 0 Å². The number of furan rings is 1. The largest absolute Gasteiger partial charge is 0.468 e. The highest BCUT2D eigenvalue weighted by Gasteiger charge is 2.26. The molecule has 0 radical (unpaired) electrons. The zero-order chi connectivity index (χ0) is 15.2. The molecular formula is C16H27N3O2. The molecule has 5 heteroatoms. The predicted molar refractivity (Wildman–Crippen MR) is 82.7 cm³/mol. The van der Waals surface area contributed by atoms with Gasteiger partial charge in [0.1, 0.15) is 5.76 Å². The van der Waals surface area contributed by atoms with Crippen LogP contribution in [0, 0.1) is 5.92 Å². The first-order chi connectivity index (χ1) is 10.1. The second-order valence-electron chi connectivity index (χ2n) is 6.26. The molecule has 1 amide bonds. The number of amides is 1. The minimum atomic E-state index is -0.430. The van der Waals surface area contributed by atoms with Gasteiger partial charge in [0.2, 0.25) is 5.91 Å². The van der Waals surface area contributed by atoms with Gasteiger partial charge in [-0.25, -0.2) is 0 Å². The van der Waals surface area contributed by atoms with E-state index in [0.29, 0.717) is 18.9 Å². The van der Waals surface area contributed by atoms with Gasteiger partial charge in [0.15, 0.2) is 0 Å². The Morgan fingerprint density at radius 2 is 2.14 bits per heavy atom. The van der Waals surface area contributed by atoms with Crippen molar-refractivity contribution in [2.75, 3.05) is 19.6 Å². The highest BCUT2D eigenvalue weighted by Crippen LogP contribution is 2.24. The fraction of sp³-hybridized carbons (Fsp3) is 0.688. The molecule has 21 heavy (non-hydrogen) atoms. The molecule has 1 aliphatic heterocycles. The molecule has 2 rings (SSSR count). The smallest absolute Gasteiger partial charge is 0.236 e. The van der Waals surface area contributed by atoms with E-state index < -0.39 is 6.04 Å². The molecule has 1 aromatic rings. The van der Waals surface area contributed by atoms with Gasteiger partial charge in [0, 0.05) is 6.54 Å². The highest BCUT2D eigenvalue weighted by atomic mass is 16.3. The van der Waals surface area contributed by atoms with E-state index in [1.807, 2.05) is 12.1 Å². The van der Waals surface area contributed by atoms with Crippen molar-refractivity contribution in [2.24, 2.45) is 11.7 Å². The fourth-order valence-electron chi connectivity index (χ4n) is 2.89. The summed E-state index contributed by atoms with van der Waals surface area (Å²) in [5, 5.41) is 2.99. The average molecular weight is 293 g/mol. The maximum absolute atomic E-state index is 12.1. The summed E-state index contributed by atoms with van der Waals surface area (Å²) >= 11 is 0. The third-order valence-electron chi connectivity index (χ3n) is 3.98. The molecule has 1 aliphatic rings. The molecule has 3 N–H and O–H groups in total. The third-order valence-corrected chi connectivity index (χ3v) is 3.98. The van der Waals surface area contributed by atoms with Crippen LogP contribution in [0.25, 0.3) is 0 Å². The van der Waals surface area contributed by atoms with Crippen LogP contribution in [0.4, 0.5) is 0 Å². The molecule has 1 aromatic heterocycles. The first-order valence-corrected chi connectivity index (χ1v) is 7.88. The SMILES string of the molecule is CC(C)CC(N)C(=O)NCC(c1ccco1)N1CCCC1. The van der Waals surface area contributed by atoms with Gasteiger partial charge in [0.05, 0.1) is 18.3 Å². The van der Waals surface area contributed by atoms with Crippen molar-refractivity contribution >= 4 is 5.91 Å². The summed E-state index contributed by atoms with van der Waals surface area (Å²) in [6.07, 6.45) is 4.81. The molecular weight excluding hydrogens is 266 g/mol. The van der Waals surface area contributed by atoms with E-state index in [1.54, 1.807) is 6.26 Å². The van der Waals surface area contributed by atoms with Crippen molar-refractivity contribution in [3.8, 4) is 0 Å². The van der Waals surface area contributed by atoms with Crippen molar-refractivity contribution in [3.63, 3.8) is 0 Å². The molecule has 5 nitrogen and oxygen atoms in total. The van der Waals surface area contributed by atoms with Crippen molar-refractivity contribution in [1.82, 2.24) is 10.2 Å². The quantitative estimate of drug-likeness (QED) is 0.805. The molecule has 118 valence electrons. The minimum absolute atomic E-state index is 0.0700. The molecule has 1 saturated heterocycles. The second kappa shape index (κ2) is 7.61. The van der Waals surface area contributed by atoms with E-state index in [4.69, 9.17) is 10.2 Å². The van der Waals surface area contributed by atoms with Gasteiger partial charge in [-0.15, -0.1) is 0 Å². The van der Waals surface area contributed by atoms with E-state index in [9.17, 15) is 4.79 Å². The van der Waals surface area contributed by atoms with Gasteiger partial charge in [0.25, 0.3) is 0 Å². The first kappa shape index (κ1) is 16.0. The number of rotatable bonds is 7. The van der Waals surface area contributed by atoms with Crippen LogP contribution in [-0.2, 0) is 4.79 Å². The van der Waals surface area contributed by atoms with Crippen LogP contribution in [-0.4, -0.2) is 36.5 Å². The Morgan fingerprint density at radius 1 is 1.43 bits per heavy atom. The summed E-state index contributed by atoms with van der Waals surface area (Å²) in [5.74, 6) is 1.26. The molecule has 0 bridgehead atoms. The molecule has 0 saturated carbocycles. The highest BCUT2D eigenvalue weighted by molar-refractivity contribution is 5.81. The zero-order valence-corrected chi connectivity index (χ0v) is 13.0. The van der Waals surface area contributed by atoms with Crippen molar-refractivity contribution in [3.05, 3.63) is 24.2 Å². The van der Waals surface area contributed by atoms with Crippen LogP contribution in [0.1, 0.15) is 44.9 Å². The summed E-state index contributed by atoms with van der Waals surface area (Å²) < 4.78 is 5.54. The maximum atomic E-state index is 12.1. The summed E-state index contributed by atoms with van der Waals surface area (Å²) in [7, 11) is 0. The lowest BCUT2D eigenvalue weighted by atomic mass is 10.0. The van der Waals surface area contributed by atoms with Crippen LogP contribution >= 0.6 is 0 Å². The minimum Gasteiger partial charge on any atom is -0.468 e. The Bertz CT molecular complexity index is 425. The Balaban J connectivity index is 1.91. The Morgan fingerprint density at radius 3 is 2.71 bits per heavy atom. The Labute approximate surface area is 126 Å². The summed E-state index contributed by atoms with van der Waals surface area (Å²) in [4.78, 5) is 14.5. The van der Waals surface area contributed by atoms with Gasteiger partial charge in [-0.1, -0.05) is 13.8 Å². The topological polar surface area (TPSA) is 71.5 Å². The number of likely N-dealkylation sites (tertiary alicyclic amines) is 1. The van der Waals surface area contributed by atoms with Crippen molar-refractivity contribution in [2.45, 2.75) is 45.2 Å². The van der Waals surface area contributed by atoms with E-state index in [0.717, 1.165) is 18.8 Å². The second-order valence-corrected chi connectivity index (χ2v) is 6.26. The van der Waals surface area contributed by atoms with E-state index in [2.05, 4.69) is 24.1 Å². The number of nitrogens with two attached hydrogens (primary N) is 1. The van der Waals surface area contributed by atoms with Gasteiger partial charge < -0.3 is 15.5 Å². The molecule has 2 unspecified atom stereocenters. The maximum Gasteiger partial charge on any atom is 0.236 e. The number of nitrogens with zero attached hydrogens (tertiary/aromatic N) is 1. The first-order valence-electron chi connectivity index (χ1n) is 7.88. The summed E-state index contributed by atoms with van der Waals surface area (Å²) in [6.45, 7) is 6.81. The van der Waals surface area contributed by atoms with E-state index in [-0.39, 0.29) is 11.9 Å². The lowest BCUT2D eigenvalue weighted by Crippen LogP contribution is -2.44. The van der Waals surface area contributed by atoms with Gasteiger partial charge in [-0.05, 0) is 50.4 Å². The van der Waals surface area contributed by atoms with Crippen LogP contribution in [0.2, 0.25) is 0 Å². The zero-order valence-electron chi connectivity index (χ0n) is 13.0. The van der Waals surface area contributed by atoms with Crippen LogP contribution in [0.3, 0.4) is 0 Å². The number of hydrogen-bond acceptors (Lipinski definition) is 4. The van der Waals surface area contributed by atoms with E-state index in [1.165, 1.54) is 12.8 Å². The monoisotopic (exact) mass is 293 g/mol. The summed E-state index contributed by atoms with van der Waals surface area (Å²) in [6, 6.07) is 3.55. The van der Waals surface area contributed by atoms with Gasteiger partial charge in [-0.2, -0.15) is 0 Å². The number of hydrogen-bond donors (Lipinski definition) is 2. The molecule has 0 aromatic carbocycles. The van der Waals surface area contributed by atoms with Crippen LogP contribution in [0.15, 0.2) is 22.8 Å². The third kappa shape index (κ3) is 4.58. The predicted octanol–water partition coefficient (Wildman–Crippen LogP) is 1.91. The number of carbonyl (C=O) groups is 1. The number of nitrogens with one attached hydrogen (secondary N) is 1. The van der Waals surface area contributed by atoms with E-state index >= 15 is 0 Å². The van der Waals surface area contributed by atoms with Crippen molar-refractivity contribution in [1.29, 1.82) is 0 Å². The average Bonchev–Trinajstić information content (AvgIpc) is 3.11. The van der Waals surface area contributed by atoms with Crippen LogP contribution in [0.5, 0.6) is 0 Å². The normalized spacial score (nSPS) is 18.9. The molecule has 2 heterocycles. The lowest BCUT2D eigenvalue weighted by molar-refractivity contribution is -0.123. The van der Waals surface area contributed by atoms with Gasteiger partial charge in [-0.3, -0.25) is 9.69 Å². The number of carbonyl (C=O) groups excluding carboxylic acids is 1. The molecule has 1 fully saturated rings. The summed E-state index contributed by atoms with van der Waals surface area (Å²) in [5.41, 5.74) is 5.93.